The number of hydrogen-bond donors (Lipinski definition) is 1. The molecule has 2 fully saturated rings. The standard InChI is InChI=1S/C31H38N6O4/c1-31(2)29(39)37(30(40)36(31)21-22-12-14-32-26-9-6-5-8-24(22)26)23-10-11-27(41-4)25(20-23)28(38)33-13-7-15-35-18-16-34(3)17-19-35/h5-6,8-12,14,20H,7,13,15-19,21H2,1-4H3,(H,33,38). The van der Waals surface area contributed by atoms with Crippen LogP contribution in [-0.2, 0) is 11.3 Å². The van der Waals surface area contributed by atoms with Crippen LogP contribution >= 0.6 is 0 Å². The molecule has 0 unspecified atom stereocenters. The number of anilines is 1. The van der Waals surface area contributed by atoms with E-state index in [1.165, 1.54) is 7.11 Å². The second kappa shape index (κ2) is 11.8. The molecule has 0 atom stereocenters. The minimum atomic E-state index is -1.09. The minimum Gasteiger partial charge on any atom is -0.496 e. The Morgan fingerprint density at radius 2 is 1.80 bits per heavy atom. The maximum atomic E-state index is 13.8. The number of likely N-dealkylation sites (N-methyl/N-ethyl adjacent to an activating group) is 1. The Morgan fingerprint density at radius 3 is 2.56 bits per heavy atom. The summed E-state index contributed by atoms with van der Waals surface area (Å²) in [7, 11) is 3.62. The molecule has 0 spiro atoms. The second-order valence-electron chi connectivity index (χ2n) is 11.2. The Hall–Kier alpha value is -4.02. The molecule has 0 aliphatic carbocycles. The Bertz CT molecular complexity index is 1440. The van der Waals surface area contributed by atoms with Gasteiger partial charge in [-0.3, -0.25) is 14.6 Å². The third kappa shape index (κ3) is 5.75. The number of pyridine rings is 1. The number of piperazine rings is 1. The number of ether oxygens (including phenoxy) is 1. The highest BCUT2D eigenvalue weighted by Gasteiger charge is 2.52. The highest BCUT2D eigenvalue weighted by atomic mass is 16.5. The fourth-order valence-corrected chi connectivity index (χ4v) is 5.48. The molecule has 2 aliphatic heterocycles. The Kier molecular flexibility index (Phi) is 8.23. The van der Waals surface area contributed by atoms with Gasteiger partial charge in [0.25, 0.3) is 11.8 Å². The van der Waals surface area contributed by atoms with Crippen molar-refractivity contribution in [3.63, 3.8) is 0 Å². The Morgan fingerprint density at radius 1 is 1.05 bits per heavy atom. The first-order valence-electron chi connectivity index (χ1n) is 14.1. The van der Waals surface area contributed by atoms with Crippen LogP contribution in [0.25, 0.3) is 10.9 Å². The molecule has 1 aromatic heterocycles. The van der Waals surface area contributed by atoms with Crippen LogP contribution in [0, 0.1) is 0 Å². The van der Waals surface area contributed by atoms with E-state index in [2.05, 4.69) is 27.1 Å². The highest BCUT2D eigenvalue weighted by molar-refractivity contribution is 6.23. The van der Waals surface area contributed by atoms with Gasteiger partial charge in [-0.05, 0) is 69.8 Å². The predicted octanol–water partition coefficient (Wildman–Crippen LogP) is 3.36. The predicted molar refractivity (Wildman–Crippen MR) is 158 cm³/mol. The van der Waals surface area contributed by atoms with Crippen LogP contribution < -0.4 is 15.0 Å². The number of urea groups is 1. The lowest BCUT2D eigenvalue weighted by molar-refractivity contribution is -0.123. The average molecular weight is 559 g/mol. The zero-order valence-corrected chi connectivity index (χ0v) is 24.2. The molecule has 4 amide bonds. The van der Waals surface area contributed by atoms with Gasteiger partial charge in [-0.1, -0.05) is 18.2 Å². The lowest BCUT2D eigenvalue weighted by Crippen LogP contribution is -2.45. The summed E-state index contributed by atoms with van der Waals surface area (Å²) in [6.07, 6.45) is 2.54. The average Bonchev–Trinajstić information content (AvgIpc) is 3.14. The van der Waals surface area contributed by atoms with Gasteiger partial charge in [-0.15, -0.1) is 0 Å². The normalized spacial score (nSPS) is 17.9. The molecule has 10 heteroatoms. The van der Waals surface area contributed by atoms with E-state index in [4.69, 9.17) is 4.74 Å². The highest BCUT2D eigenvalue weighted by Crippen LogP contribution is 2.36. The van der Waals surface area contributed by atoms with Crippen molar-refractivity contribution >= 4 is 34.4 Å². The number of amides is 4. The van der Waals surface area contributed by atoms with Crippen LogP contribution in [0.15, 0.2) is 54.7 Å². The molecule has 10 nitrogen and oxygen atoms in total. The lowest BCUT2D eigenvalue weighted by Gasteiger charge is -2.32. The molecule has 2 aromatic carbocycles. The summed E-state index contributed by atoms with van der Waals surface area (Å²) in [6, 6.07) is 14.0. The third-order valence-corrected chi connectivity index (χ3v) is 8.11. The number of nitrogens with zero attached hydrogens (tertiary/aromatic N) is 5. The number of methoxy groups -OCH3 is 1. The van der Waals surface area contributed by atoms with Crippen LogP contribution in [0.3, 0.4) is 0 Å². The number of rotatable bonds is 9. The van der Waals surface area contributed by atoms with Crippen molar-refractivity contribution in [3.05, 3.63) is 65.9 Å². The number of fused-ring (bicyclic) bond motifs is 1. The summed E-state index contributed by atoms with van der Waals surface area (Å²) in [5.41, 5.74) is 1.25. The first kappa shape index (κ1) is 28.5. The summed E-state index contributed by atoms with van der Waals surface area (Å²) in [5, 5.41) is 3.91. The van der Waals surface area contributed by atoms with E-state index in [9.17, 15) is 14.4 Å². The van der Waals surface area contributed by atoms with Gasteiger partial charge in [0.05, 0.1) is 23.9 Å². The minimum absolute atomic E-state index is 0.244. The molecule has 0 saturated carbocycles. The molecule has 41 heavy (non-hydrogen) atoms. The number of imide groups is 1. The van der Waals surface area contributed by atoms with Gasteiger partial charge in [0.2, 0.25) is 0 Å². The Balaban J connectivity index is 1.32. The number of benzene rings is 2. The molecular weight excluding hydrogens is 520 g/mol. The largest absolute Gasteiger partial charge is 0.496 e. The van der Waals surface area contributed by atoms with Crippen molar-refractivity contribution in [2.24, 2.45) is 0 Å². The number of carbonyl (C=O) groups is 3. The fraction of sp³-hybridized carbons (Fsp3) is 0.419. The summed E-state index contributed by atoms with van der Waals surface area (Å²) in [6.45, 7) is 9.33. The molecule has 2 aliphatic rings. The number of carbonyl (C=O) groups excluding carboxylic acids is 3. The molecule has 216 valence electrons. The molecule has 3 aromatic rings. The monoisotopic (exact) mass is 558 g/mol. The zero-order chi connectivity index (χ0) is 29.1. The maximum absolute atomic E-state index is 13.8. The van der Waals surface area contributed by atoms with E-state index in [-0.39, 0.29) is 23.9 Å². The summed E-state index contributed by atoms with van der Waals surface area (Å²) >= 11 is 0. The van der Waals surface area contributed by atoms with Gasteiger partial charge in [0.1, 0.15) is 11.3 Å². The van der Waals surface area contributed by atoms with Crippen molar-refractivity contribution in [2.75, 3.05) is 58.3 Å². The molecule has 1 N–H and O–H groups in total. The summed E-state index contributed by atoms with van der Waals surface area (Å²) < 4.78 is 5.45. The molecular formula is C31H38N6O4. The number of aromatic nitrogens is 1. The van der Waals surface area contributed by atoms with E-state index >= 15 is 0 Å². The van der Waals surface area contributed by atoms with Crippen molar-refractivity contribution in [1.29, 1.82) is 0 Å². The lowest BCUT2D eigenvalue weighted by atomic mass is 10.0. The van der Waals surface area contributed by atoms with Gasteiger partial charge in [0.15, 0.2) is 0 Å². The van der Waals surface area contributed by atoms with E-state index in [0.717, 1.165) is 60.5 Å². The molecule has 0 radical (unpaired) electrons. The van der Waals surface area contributed by atoms with E-state index in [0.29, 0.717) is 18.0 Å². The molecule has 5 rings (SSSR count). The van der Waals surface area contributed by atoms with Gasteiger partial charge in [0, 0.05) is 50.9 Å². The van der Waals surface area contributed by atoms with Crippen LogP contribution in [0.4, 0.5) is 10.5 Å². The fourth-order valence-electron chi connectivity index (χ4n) is 5.48. The van der Waals surface area contributed by atoms with E-state index < -0.39 is 11.6 Å². The first-order valence-corrected chi connectivity index (χ1v) is 14.1. The smallest absolute Gasteiger partial charge is 0.332 e. The number of hydrogen-bond acceptors (Lipinski definition) is 7. The topological polar surface area (TPSA) is 98.3 Å². The van der Waals surface area contributed by atoms with Gasteiger partial charge >= 0.3 is 6.03 Å². The van der Waals surface area contributed by atoms with E-state index in [1.807, 2.05) is 30.3 Å². The van der Waals surface area contributed by atoms with Crippen molar-refractivity contribution in [2.45, 2.75) is 32.4 Å². The third-order valence-electron chi connectivity index (χ3n) is 8.11. The molecule has 2 saturated heterocycles. The van der Waals surface area contributed by atoms with Crippen LogP contribution in [-0.4, -0.2) is 96.5 Å². The van der Waals surface area contributed by atoms with Gasteiger partial charge < -0.3 is 24.8 Å². The van der Waals surface area contributed by atoms with Crippen LogP contribution in [0.1, 0.15) is 36.2 Å². The van der Waals surface area contributed by atoms with Crippen molar-refractivity contribution < 1.29 is 19.1 Å². The summed E-state index contributed by atoms with van der Waals surface area (Å²) in [5.74, 6) is -0.283. The SMILES string of the molecule is COc1ccc(N2C(=O)N(Cc3ccnc4ccccc34)C(C)(C)C2=O)cc1C(=O)NCCCN1CCN(C)CC1. The zero-order valence-electron chi connectivity index (χ0n) is 24.2. The quantitative estimate of drug-likeness (QED) is 0.318. The second-order valence-corrected chi connectivity index (χ2v) is 11.2. The van der Waals surface area contributed by atoms with Gasteiger partial charge in [-0.2, -0.15) is 0 Å². The van der Waals surface area contributed by atoms with Gasteiger partial charge in [-0.25, -0.2) is 9.69 Å². The van der Waals surface area contributed by atoms with Crippen LogP contribution in [0.5, 0.6) is 5.75 Å². The molecule has 3 heterocycles. The van der Waals surface area contributed by atoms with E-state index in [1.54, 1.807) is 43.1 Å². The van der Waals surface area contributed by atoms with Crippen molar-refractivity contribution in [3.8, 4) is 5.75 Å². The van der Waals surface area contributed by atoms with Crippen LogP contribution in [0.2, 0.25) is 0 Å². The maximum Gasteiger partial charge on any atom is 0.332 e. The number of para-hydroxylation sites is 1. The van der Waals surface area contributed by atoms with Crippen molar-refractivity contribution in [1.82, 2.24) is 25.0 Å². The number of nitrogens with one attached hydrogen (secondary N) is 1. The molecule has 0 bridgehead atoms. The first-order chi connectivity index (χ1) is 19.7. The summed E-state index contributed by atoms with van der Waals surface area (Å²) in [4.78, 5) is 52.4. The Labute approximate surface area is 240 Å².